The molecule has 0 N–H and O–H groups in total. The number of ether oxygens (including phenoxy) is 3. The zero-order chi connectivity index (χ0) is 16.1. The zero-order valence-corrected chi connectivity index (χ0v) is 14.0. The first kappa shape index (κ1) is 16.5. The third kappa shape index (κ3) is 3.67. The number of methoxy groups -OCH3 is 2. The van der Waals surface area contributed by atoms with E-state index in [0.717, 1.165) is 22.4 Å². The Bertz CT molecular complexity index is 631. The average Bonchev–Trinajstić information content (AvgIpc) is 2.52. The minimum atomic E-state index is -0.374. The molecule has 0 aliphatic rings. The fraction of sp³-hybridized carbons (Fsp3) is 0.368. The van der Waals surface area contributed by atoms with Crippen LogP contribution in [0.3, 0.4) is 0 Å². The van der Waals surface area contributed by atoms with Crippen LogP contribution in [0.5, 0.6) is 5.75 Å². The third-order valence-corrected chi connectivity index (χ3v) is 3.91. The number of rotatable bonds is 6. The highest BCUT2D eigenvalue weighted by molar-refractivity contribution is 5.41. The van der Waals surface area contributed by atoms with Gasteiger partial charge in [0, 0.05) is 19.8 Å². The monoisotopic (exact) mass is 300 g/mol. The zero-order valence-electron chi connectivity index (χ0n) is 14.0. The molecule has 3 nitrogen and oxygen atoms in total. The van der Waals surface area contributed by atoms with Gasteiger partial charge in [0.2, 0.25) is 0 Å². The summed E-state index contributed by atoms with van der Waals surface area (Å²) in [5.41, 5.74) is 5.73. The molecule has 0 amide bonds. The smallest absolute Gasteiger partial charge is 0.183 e. The summed E-state index contributed by atoms with van der Waals surface area (Å²) < 4.78 is 16.7. The van der Waals surface area contributed by atoms with Crippen LogP contribution in [-0.2, 0) is 16.1 Å². The maximum atomic E-state index is 6.03. The van der Waals surface area contributed by atoms with E-state index < -0.39 is 0 Å². The lowest BCUT2D eigenvalue weighted by Crippen LogP contribution is -2.09. The minimum absolute atomic E-state index is 0.374. The van der Waals surface area contributed by atoms with Crippen molar-refractivity contribution in [1.82, 2.24) is 0 Å². The molecule has 2 rings (SSSR count). The fourth-order valence-electron chi connectivity index (χ4n) is 2.49. The molecule has 2 aromatic carbocycles. The summed E-state index contributed by atoms with van der Waals surface area (Å²) in [5, 5.41) is 0. The van der Waals surface area contributed by atoms with Crippen LogP contribution in [0.15, 0.2) is 36.4 Å². The highest BCUT2D eigenvalue weighted by Gasteiger charge is 2.14. The maximum Gasteiger partial charge on any atom is 0.183 e. The molecule has 0 saturated heterocycles. The lowest BCUT2D eigenvalue weighted by molar-refractivity contribution is -0.106. The van der Waals surface area contributed by atoms with Gasteiger partial charge >= 0.3 is 0 Å². The van der Waals surface area contributed by atoms with Crippen molar-refractivity contribution in [3.05, 3.63) is 64.2 Å². The van der Waals surface area contributed by atoms with Crippen molar-refractivity contribution in [2.75, 3.05) is 14.2 Å². The first-order valence-corrected chi connectivity index (χ1v) is 7.40. The molecule has 3 heteroatoms. The Morgan fingerprint density at radius 1 is 0.864 bits per heavy atom. The summed E-state index contributed by atoms with van der Waals surface area (Å²) in [6, 6.07) is 12.3. The topological polar surface area (TPSA) is 27.7 Å². The number of benzene rings is 2. The van der Waals surface area contributed by atoms with Crippen molar-refractivity contribution < 1.29 is 14.2 Å². The lowest BCUT2D eigenvalue weighted by atomic mass is 10.1. The molecular formula is C19H24O3. The van der Waals surface area contributed by atoms with E-state index in [2.05, 4.69) is 32.9 Å². The lowest BCUT2D eigenvalue weighted by Gasteiger charge is -2.18. The Kier molecular flexibility index (Phi) is 5.58. The molecule has 0 unspecified atom stereocenters. The van der Waals surface area contributed by atoms with Crippen LogP contribution in [-0.4, -0.2) is 14.2 Å². The Labute approximate surface area is 132 Å². The van der Waals surface area contributed by atoms with Crippen LogP contribution in [0.2, 0.25) is 0 Å². The number of hydrogen-bond acceptors (Lipinski definition) is 3. The average molecular weight is 300 g/mol. The van der Waals surface area contributed by atoms with Gasteiger partial charge in [-0.15, -0.1) is 0 Å². The van der Waals surface area contributed by atoms with E-state index in [9.17, 15) is 0 Å². The Balaban J connectivity index is 2.20. The first-order chi connectivity index (χ1) is 10.6. The molecule has 2 aromatic rings. The molecule has 118 valence electrons. The molecule has 0 fully saturated rings. The second-order valence-corrected chi connectivity index (χ2v) is 5.49. The van der Waals surface area contributed by atoms with Gasteiger partial charge in [0.25, 0.3) is 0 Å². The van der Waals surface area contributed by atoms with Gasteiger partial charge in [0.1, 0.15) is 12.4 Å². The second-order valence-electron chi connectivity index (χ2n) is 5.49. The van der Waals surface area contributed by atoms with Crippen molar-refractivity contribution >= 4 is 0 Å². The molecule has 0 aromatic heterocycles. The van der Waals surface area contributed by atoms with Crippen LogP contribution in [0.1, 0.15) is 34.1 Å². The van der Waals surface area contributed by atoms with Crippen molar-refractivity contribution in [2.24, 2.45) is 0 Å². The van der Waals surface area contributed by atoms with E-state index >= 15 is 0 Å². The van der Waals surface area contributed by atoms with Crippen molar-refractivity contribution in [2.45, 2.75) is 33.7 Å². The van der Waals surface area contributed by atoms with Gasteiger partial charge in [0.15, 0.2) is 6.29 Å². The Morgan fingerprint density at radius 2 is 1.50 bits per heavy atom. The summed E-state index contributed by atoms with van der Waals surface area (Å²) in [6.45, 7) is 6.77. The van der Waals surface area contributed by atoms with Crippen LogP contribution in [0.25, 0.3) is 0 Å². The van der Waals surface area contributed by atoms with Gasteiger partial charge in [-0.3, -0.25) is 0 Å². The van der Waals surface area contributed by atoms with E-state index in [0.29, 0.717) is 6.61 Å². The van der Waals surface area contributed by atoms with E-state index in [1.54, 1.807) is 14.2 Å². The summed E-state index contributed by atoms with van der Waals surface area (Å²) in [7, 11) is 3.28. The summed E-state index contributed by atoms with van der Waals surface area (Å²) in [4.78, 5) is 0. The normalized spacial score (nSPS) is 11.0. The molecule has 0 bridgehead atoms. The molecule has 0 aliphatic heterocycles. The quantitative estimate of drug-likeness (QED) is 0.736. The summed E-state index contributed by atoms with van der Waals surface area (Å²) >= 11 is 0. The van der Waals surface area contributed by atoms with Gasteiger partial charge in [-0.2, -0.15) is 0 Å². The molecule has 0 radical (unpaired) electrons. The minimum Gasteiger partial charge on any atom is -0.489 e. The Hall–Kier alpha value is -1.84. The number of hydrogen-bond donors (Lipinski definition) is 0. The van der Waals surface area contributed by atoms with E-state index in [-0.39, 0.29) is 6.29 Å². The van der Waals surface area contributed by atoms with Crippen LogP contribution >= 0.6 is 0 Å². The predicted molar refractivity (Wildman–Crippen MR) is 88.2 cm³/mol. The molecule has 0 spiro atoms. The van der Waals surface area contributed by atoms with Crippen molar-refractivity contribution in [1.29, 1.82) is 0 Å². The standard InChI is InChI=1S/C19H24O3/c1-13-10-15(3)18(11-14(13)2)22-12-16-8-6-7-9-17(16)19(20-4)21-5/h6-11,19H,12H2,1-5H3. The van der Waals surface area contributed by atoms with Gasteiger partial charge in [0.05, 0.1) is 0 Å². The van der Waals surface area contributed by atoms with Crippen molar-refractivity contribution in [3.8, 4) is 5.75 Å². The highest BCUT2D eigenvalue weighted by atomic mass is 16.7. The largest absolute Gasteiger partial charge is 0.489 e. The third-order valence-electron chi connectivity index (χ3n) is 3.91. The molecular weight excluding hydrogens is 276 g/mol. The highest BCUT2D eigenvalue weighted by Crippen LogP contribution is 2.26. The van der Waals surface area contributed by atoms with Crippen LogP contribution < -0.4 is 4.74 Å². The molecule has 0 saturated carbocycles. The SMILES string of the molecule is COC(OC)c1ccccc1COc1cc(C)c(C)cc1C. The molecule has 0 aliphatic carbocycles. The molecule has 0 atom stereocenters. The fourth-order valence-corrected chi connectivity index (χ4v) is 2.49. The van der Waals surface area contributed by atoms with E-state index in [4.69, 9.17) is 14.2 Å². The van der Waals surface area contributed by atoms with E-state index in [1.807, 2.05) is 24.3 Å². The van der Waals surface area contributed by atoms with Gasteiger partial charge in [-0.1, -0.05) is 30.3 Å². The summed E-state index contributed by atoms with van der Waals surface area (Å²) in [6.07, 6.45) is -0.374. The number of aryl methyl sites for hydroxylation is 3. The Morgan fingerprint density at radius 3 is 2.18 bits per heavy atom. The molecule has 22 heavy (non-hydrogen) atoms. The van der Waals surface area contributed by atoms with Gasteiger partial charge in [-0.05, 0) is 49.1 Å². The first-order valence-electron chi connectivity index (χ1n) is 7.40. The molecule has 0 heterocycles. The van der Waals surface area contributed by atoms with E-state index in [1.165, 1.54) is 11.1 Å². The van der Waals surface area contributed by atoms with Gasteiger partial charge < -0.3 is 14.2 Å². The van der Waals surface area contributed by atoms with Crippen LogP contribution in [0.4, 0.5) is 0 Å². The second kappa shape index (κ2) is 7.43. The van der Waals surface area contributed by atoms with Crippen LogP contribution in [0, 0.1) is 20.8 Å². The summed E-state index contributed by atoms with van der Waals surface area (Å²) in [5.74, 6) is 0.921. The van der Waals surface area contributed by atoms with Gasteiger partial charge in [-0.25, -0.2) is 0 Å². The predicted octanol–water partition coefficient (Wildman–Crippen LogP) is 4.48. The van der Waals surface area contributed by atoms with Crippen molar-refractivity contribution in [3.63, 3.8) is 0 Å². The maximum absolute atomic E-state index is 6.03.